The lowest BCUT2D eigenvalue weighted by Crippen LogP contribution is -2.26. The number of ketones is 1. The summed E-state index contributed by atoms with van der Waals surface area (Å²) in [5.74, 6) is 1.80. The number of nitrogens with zero attached hydrogens (tertiary/aromatic N) is 2. The van der Waals surface area contributed by atoms with Crippen molar-refractivity contribution in [2.24, 2.45) is 0 Å². The van der Waals surface area contributed by atoms with Crippen LogP contribution in [0, 0.1) is 0 Å². The van der Waals surface area contributed by atoms with E-state index in [4.69, 9.17) is 4.74 Å². The van der Waals surface area contributed by atoms with Gasteiger partial charge in [-0.25, -0.2) is 4.98 Å². The highest BCUT2D eigenvalue weighted by Crippen LogP contribution is 2.25. The first kappa shape index (κ1) is 12.7. The van der Waals surface area contributed by atoms with Crippen molar-refractivity contribution in [1.29, 1.82) is 0 Å². The summed E-state index contributed by atoms with van der Waals surface area (Å²) in [7, 11) is 0. The second kappa shape index (κ2) is 5.33. The quantitative estimate of drug-likeness (QED) is 0.785. The highest BCUT2D eigenvalue weighted by Gasteiger charge is 2.16. The van der Waals surface area contributed by atoms with Crippen molar-refractivity contribution in [3.8, 4) is 5.75 Å². The van der Waals surface area contributed by atoms with Gasteiger partial charge in [0.05, 0.1) is 6.54 Å². The van der Waals surface area contributed by atoms with Crippen molar-refractivity contribution in [2.75, 3.05) is 18.1 Å². The number of hydrogen-bond acceptors (Lipinski definition) is 4. The molecule has 0 saturated heterocycles. The van der Waals surface area contributed by atoms with E-state index in [2.05, 4.69) is 16.0 Å². The van der Waals surface area contributed by atoms with Gasteiger partial charge in [-0.1, -0.05) is 18.2 Å². The molecule has 1 aliphatic heterocycles. The van der Waals surface area contributed by atoms with E-state index in [1.807, 2.05) is 24.3 Å². The van der Waals surface area contributed by atoms with Crippen molar-refractivity contribution >= 4 is 11.6 Å². The summed E-state index contributed by atoms with van der Waals surface area (Å²) in [5.41, 5.74) is 1.83. The maximum Gasteiger partial charge on any atom is 0.159 e. The van der Waals surface area contributed by atoms with Crippen LogP contribution >= 0.6 is 0 Å². The molecule has 2 aromatic rings. The van der Waals surface area contributed by atoms with Crippen molar-refractivity contribution < 1.29 is 9.53 Å². The number of anilines is 1. The van der Waals surface area contributed by atoms with Crippen molar-refractivity contribution in [3.05, 3.63) is 53.7 Å². The Labute approximate surface area is 118 Å². The second-order valence-corrected chi connectivity index (χ2v) is 4.84. The van der Waals surface area contributed by atoms with Crippen LogP contribution in [0.3, 0.4) is 0 Å². The number of hydrogen-bond donors (Lipinski definition) is 0. The molecular weight excluding hydrogens is 252 g/mol. The molecule has 0 spiro atoms. The molecule has 2 heterocycles. The summed E-state index contributed by atoms with van der Waals surface area (Å²) >= 11 is 0. The third-order valence-electron chi connectivity index (χ3n) is 3.43. The number of fused-ring (bicyclic) bond motifs is 1. The molecule has 1 aliphatic rings. The number of para-hydroxylation sites is 1. The first-order chi connectivity index (χ1) is 9.74. The number of carbonyl (C=O) groups is 1. The third kappa shape index (κ3) is 2.50. The molecule has 0 fully saturated rings. The van der Waals surface area contributed by atoms with E-state index in [9.17, 15) is 4.79 Å². The van der Waals surface area contributed by atoms with E-state index >= 15 is 0 Å². The monoisotopic (exact) mass is 268 g/mol. The number of rotatable bonds is 2. The second-order valence-electron chi connectivity index (χ2n) is 4.84. The van der Waals surface area contributed by atoms with Crippen LogP contribution in [-0.2, 0) is 6.54 Å². The lowest BCUT2D eigenvalue weighted by molar-refractivity contribution is 0.101. The van der Waals surface area contributed by atoms with Gasteiger partial charge < -0.3 is 9.64 Å². The van der Waals surface area contributed by atoms with Crippen LogP contribution in [0.15, 0.2) is 42.6 Å². The van der Waals surface area contributed by atoms with Gasteiger partial charge in [0.2, 0.25) is 0 Å². The number of ether oxygens (including phenoxy) is 1. The summed E-state index contributed by atoms with van der Waals surface area (Å²) in [6.07, 6.45) is 1.68. The predicted molar refractivity (Wildman–Crippen MR) is 77.2 cm³/mol. The SMILES string of the molecule is CC(=O)c1ccnc(N2CCOc3ccccc3C2)c1. The standard InChI is InChI=1S/C16H16N2O2/c1-12(19)13-6-7-17-16(10-13)18-8-9-20-15-5-3-2-4-14(15)11-18/h2-7,10H,8-9,11H2,1H3. The Bertz CT molecular complexity index is 640. The molecule has 0 radical (unpaired) electrons. The Hall–Kier alpha value is -2.36. The normalized spacial score (nSPS) is 14.2. The van der Waals surface area contributed by atoms with Gasteiger partial charge in [0.15, 0.2) is 5.78 Å². The summed E-state index contributed by atoms with van der Waals surface area (Å²) < 4.78 is 5.74. The molecular formula is C16H16N2O2. The molecule has 0 bridgehead atoms. The molecule has 0 saturated carbocycles. The molecule has 4 nitrogen and oxygen atoms in total. The maximum atomic E-state index is 11.5. The number of aromatic nitrogens is 1. The first-order valence-electron chi connectivity index (χ1n) is 6.67. The van der Waals surface area contributed by atoms with Crippen molar-refractivity contribution in [3.63, 3.8) is 0 Å². The molecule has 20 heavy (non-hydrogen) atoms. The van der Waals surface area contributed by atoms with Crippen LogP contribution < -0.4 is 9.64 Å². The zero-order valence-corrected chi connectivity index (χ0v) is 11.4. The Morgan fingerprint density at radius 3 is 3.00 bits per heavy atom. The van der Waals surface area contributed by atoms with E-state index in [0.29, 0.717) is 12.2 Å². The smallest absolute Gasteiger partial charge is 0.159 e. The molecule has 3 rings (SSSR count). The Kier molecular flexibility index (Phi) is 3.37. The van der Waals surface area contributed by atoms with Gasteiger partial charge in [0.1, 0.15) is 18.2 Å². The highest BCUT2D eigenvalue weighted by atomic mass is 16.5. The maximum absolute atomic E-state index is 11.5. The molecule has 102 valence electrons. The van der Waals surface area contributed by atoms with Crippen LogP contribution in [0.5, 0.6) is 5.75 Å². The van der Waals surface area contributed by atoms with E-state index < -0.39 is 0 Å². The Morgan fingerprint density at radius 1 is 1.30 bits per heavy atom. The average Bonchev–Trinajstić information content (AvgIpc) is 2.69. The Morgan fingerprint density at radius 2 is 2.15 bits per heavy atom. The lowest BCUT2D eigenvalue weighted by Gasteiger charge is -2.21. The minimum absolute atomic E-state index is 0.0557. The van der Waals surface area contributed by atoms with E-state index in [-0.39, 0.29) is 5.78 Å². The fraction of sp³-hybridized carbons (Fsp3) is 0.250. The minimum atomic E-state index is 0.0557. The molecule has 0 N–H and O–H groups in total. The van der Waals surface area contributed by atoms with Crippen LogP contribution in [0.25, 0.3) is 0 Å². The van der Waals surface area contributed by atoms with Gasteiger partial charge >= 0.3 is 0 Å². The number of carbonyl (C=O) groups excluding carboxylic acids is 1. The van der Waals surface area contributed by atoms with E-state index in [0.717, 1.165) is 30.2 Å². The van der Waals surface area contributed by atoms with Gasteiger partial charge in [-0.2, -0.15) is 0 Å². The lowest BCUT2D eigenvalue weighted by atomic mass is 10.1. The number of Topliss-reactive ketones (excluding diaryl/α,β-unsaturated/α-hetero) is 1. The number of pyridine rings is 1. The molecule has 1 aromatic heterocycles. The molecule has 4 heteroatoms. The highest BCUT2D eigenvalue weighted by molar-refractivity contribution is 5.94. The van der Waals surface area contributed by atoms with E-state index in [1.54, 1.807) is 19.2 Å². The fourth-order valence-electron chi connectivity index (χ4n) is 2.33. The predicted octanol–water partition coefficient (Wildman–Crippen LogP) is 2.68. The van der Waals surface area contributed by atoms with Crippen LogP contribution in [0.4, 0.5) is 5.82 Å². The number of benzene rings is 1. The van der Waals surface area contributed by atoms with Crippen LogP contribution in [-0.4, -0.2) is 23.9 Å². The van der Waals surface area contributed by atoms with Gasteiger partial charge in [0.25, 0.3) is 0 Å². The van der Waals surface area contributed by atoms with Crippen molar-refractivity contribution in [1.82, 2.24) is 4.98 Å². The minimum Gasteiger partial charge on any atom is -0.491 e. The zero-order chi connectivity index (χ0) is 13.9. The van der Waals surface area contributed by atoms with Crippen LogP contribution in [0.1, 0.15) is 22.8 Å². The summed E-state index contributed by atoms with van der Waals surface area (Å²) in [6.45, 7) is 3.68. The first-order valence-corrected chi connectivity index (χ1v) is 6.67. The van der Waals surface area contributed by atoms with Gasteiger partial charge in [0, 0.05) is 23.9 Å². The molecule has 0 amide bonds. The molecule has 0 unspecified atom stereocenters. The summed E-state index contributed by atoms with van der Waals surface area (Å²) in [5, 5.41) is 0. The largest absolute Gasteiger partial charge is 0.491 e. The third-order valence-corrected chi connectivity index (χ3v) is 3.43. The zero-order valence-electron chi connectivity index (χ0n) is 11.4. The van der Waals surface area contributed by atoms with Crippen LogP contribution in [0.2, 0.25) is 0 Å². The van der Waals surface area contributed by atoms with Gasteiger partial charge in [-0.15, -0.1) is 0 Å². The summed E-state index contributed by atoms with van der Waals surface area (Å²) in [6, 6.07) is 11.6. The van der Waals surface area contributed by atoms with E-state index in [1.165, 1.54) is 0 Å². The average molecular weight is 268 g/mol. The molecule has 0 aliphatic carbocycles. The topological polar surface area (TPSA) is 42.4 Å². The summed E-state index contributed by atoms with van der Waals surface area (Å²) in [4.78, 5) is 18.0. The Balaban J connectivity index is 1.91. The molecule has 1 aromatic carbocycles. The fourth-order valence-corrected chi connectivity index (χ4v) is 2.33. The van der Waals surface area contributed by atoms with Gasteiger partial charge in [-0.3, -0.25) is 4.79 Å². The van der Waals surface area contributed by atoms with Gasteiger partial charge in [-0.05, 0) is 25.1 Å². The molecule has 0 atom stereocenters. The van der Waals surface area contributed by atoms with Crippen molar-refractivity contribution in [2.45, 2.75) is 13.5 Å².